The van der Waals surface area contributed by atoms with Gasteiger partial charge in [0.05, 0.1) is 24.2 Å². The van der Waals surface area contributed by atoms with E-state index < -0.39 is 0 Å². The van der Waals surface area contributed by atoms with Crippen LogP contribution >= 0.6 is 0 Å². The van der Waals surface area contributed by atoms with E-state index in [9.17, 15) is 0 Å². The summed E-state index contributed by atoms with van der Waals surface area (Å²) in [5, 5.41) is 8.67. The summed E-state index contributed by atoms with van der Waals surface area (Å²) in [4.78, 5) is 3.75. The molecule has 4 nitrogen and oxygen atoms in total. The van der Waals surface area contributed by atoms with Crippen LogP contribution in [0, 0.1) is 0 Å². The molecular weight excluding hydrogens is 130 g/mol. The lowest BCUT2D eigenvalue weighted by Gasteiger charge is -2.02. The van der Waals surface area contributed by atoms with Crippen molar-refractivity contribution in [1.82, 2.24) is 4.98 Å². The second-order valence-electron chi connectivity index (χ2n) is 1.96. The lowest BCUT2D eigenvalue weighted by atomic mass is 10.2. The zero-order chi connectivity index (χ0) is 7.56. The van der Waals surface area contributed by atoms with Crippen molar-refractivity contribution in [3.05, 3.63) is 18.0 Å². The van der Waals surface area contributed by atoms with E-state index in [1.165, 1.54) is 12.4 Å². The van der Waals surface area contributed by atoms with E-state index in [0.29, 0.717) is 16.9 Å². The van der Waals surface area contributed by atoms with Gasteiger partial charge < -0.3 is 16.6 Å². The second kappa shape index (κ2) is 2.53. The standard InChI is InChI=1S/C6H9N3O/c7-5-2-9-1-4(3-10)6(5)8/h1-2,10H,3,7H2,(H2,8,9). The minimum absolute atomic E-state index is 0.121. The molecular formula is C6H9N3O. The maximum absolute atomic E-state index is 8.67. The van der Waals surface area contributed by atoms with Crippen molar-refractivity contribution in [3.8, 4) is 0 Å². The predicted octanol–water partition coefficient (Wildman–Crippen LogP) is -0.262. The summed E-state index contributed by atoms with van der Waals surface area (Å²) in [6, 6.07) is 0. The number of nitrogens with two attached hydrogens (primary N) is 2. The van der Waals surface area contributed by atoms with Crippen molar-refractivity contribution in [2.24, 2.45) is 0 Å². The Morgan fingerprint density at radius 3 is 2.60 bits per heavy atom. The molecule has 0 bridgehead atoms. The Kier molecular flexibility index (Phi) is 1.73. The highest BCUT2D eigenvalue weighted by Gasteiger charge is 1.99. The fraction of sp³-hybridized carbons (Fsp3) is 0.167. The molecule has 0 amide bonds. The topological polar surface area (TPSA) is 85.2 Å². The molecule has 0 radical (unpaired) electrons. The van der Waals surface area contributed by atoms with Gasteiger partial charge in [0.25, 0.3) is 0 Å². The fourth-order valence-corrected chi connectivity index (χ4v) is 0.658. The van der Waals surface area contributed by atoms with Crippen LogP contribution in [0.5, 0.6) is 0 Å². The molecule has 0 saturated carbocycles. The van der Waals surface area contributed by atoms with Gasteiger partial charge in [0.2, 0.25) is 0 Å². The van der Waals surface area contributed by atoms with Crippen LogP contribution in [0.4, 0.5) is 11.4 Å². The van der Waals surface area contributed by atoms with Crippen LogP contribution < -0.4 is 11.5 Å². The predicted molar refractivity (Wildman–Crippen MR) is 39.0 cm³/mol. The first-order valence-corrected chi connectivity index (χ1v) is 2.84. The summed E-state index contributed by atoms with van der Waals surface area (Å²) < 4.78 is 0. The Labute approximate surface area is 58.5 Å². The van der Waals surface area contributed by atoms with E-state index in [-0.39, 0.29) is 6.61 Å². The Bertz CT molecular complexity index is 236. The van der Waals surface area contributed by atoms with Crippen molar-refractivity contribution in [3.63, 3.8) is 0 Å². The summed E-state index contributed by atoms with van der Waals surface area (Å²) in [5.74, 6) is 0. The highest BCUT2D eigenvalue weighted by molar-refractivity contribution is 5.65. The van der Waals surface area contributed by atoms with Crippen LogP contribution in [0.25, 0.3) is 0 Å². The van der Waals surface area contributed by atoms with Crippen LogP contribution in [-0.2, 0) is 6.61 Å². The van der Waals surface area contributed by atoms with E-state index in [1.54, 1.807) is 0 Å². The Morgan fingerprint density at radius 1 is 1.40 bits per heavy atom. The minimum Gasteiger partial charge on any atom is -0.397 e. The molecule has 0 unspecified atom stereocenters. The van der Waals surface area contributed by atoms with Crippen molar-refractivity contribution in [1.29, 1.82) is 0 Å². The number of aliphatic hydroxyl groups is 1. The van der Waals surface area contributed by atoms with Crippen LogP contribution in [0.15, 0.2) is 12.4 Å². The third-order valence-corrected chi connectivity index (χ3v) is 1.27. The first-order valence-electron chi connectivity index (χ1n) is 2.84. The van der Waals surface area contributed by atoms with Gasteiger partial charge in [0, 0.05) is 11.8 Å². The first kappa shape index (κ1) is 6.82. The Morgan fingerprint density at radius 2 is 2.10 bits per heavy atom. The van der Waals surface area contributed by atoms with Crippen molar-refractivity contribution in [2.75, 3.05) is 11.5 Å². The molecule has 1 aromatic rings. The quantitative estimate of drug-likeness (QED) is 0.500. The first-order chi connectivity index (χ1) is 4.75. The van der Waals surface area contributed by atoms with Crippen molar-refractivity contribution < 1.29 is 5.11 Å². The third kappa shape index (κ3) is 1.01. The molecule has 0 spiro atoms. The largest absolute Gasteiger partial charge is 0.397 e. The van der Waals surface area contributed by atoms with Crippen molar-refractivity contribution >= 4 is 11.4 Å². The van der Waals surface area contributed by atoms with E-state index >= 15 is 0 Å². The molecule has 0 aromatic carbocycles. The molecule has 0 aliphatic carbocycles. The van der Waals surface area contributed by atoms with Gasteiger partial charge in [-0.05, 0) is 0 Å². The number of nitrogen functional groups attached to an aromatic ring is 2. The number of nitrogens with zero attached hydrogens (tertiary/aromatic N) is 1. The van der Waals surface area contributed by atoms with Gasteiger partial charge in [0.1, 0.15) is 0 Å². The van der Waals surface area contributed by atoms with Crippen LogP contribution in [0.2, 0.25) is 0 Å². The molecule has 54 valence electrons. The van der Waals surface area contributed by atoms with Crippen LogP contribution in [0.1, 0.15) is 5.56 Å². The zero-order valence-corrected chi connectivity index (χ0v) is 5.41. The maximum Gasteiger partial charge on any atom is 0.0737 e. The van der Waals surface area contributed by atoms with Gasteiger partial charge in [-0.3, -0.25) is 4.98 Å². The number of rotatable bonds is 1. The van der Waals surface area contributed by atoms with E-state index in [2.05, 4.69) is 4.98 Å². The lowest BCUT2D eigenvalue weighted by molar-refractivity contribution is 0.282. The SMILES string of the molecule is Nc1cncc(CO)c1N. The molecule has 0 aliphatic heterocycles. The average Bonchev–Trinajstić information content (AvgIpc) is 1.95. The van der Waals surface area contributed by atoms with Gasteiger partial charge in [-0.25, -0.2) is 0 Å². The molecule has 0 aliphatic rings. The summed E-state index contributed by atoms with van der Waals surface area (Å²) >= 11 is 0. The molecule has 1 aromatic heterocycles. The van der Waals surface area contributed by atoms with E-state index in [0.717, 1.165) is 0 Å². The van der Waals surface area contributed by atoms with E-state index in [1.807, 2.05) is 0 Å². The number of aliphatic hydroxyl groups excluding tert-OH is 1. The van der Waals surface area contributed by atoms with E-state index in [4.69, 9.17) is 16.6 Å². The number of hydrogen-bond donors (Lipinski definition) is 3. The lowest BCUT2D eigenvalue weighted by Crippen LogP contribution is -2.00. The summed E-state index contributed by atoms with van der Waals surface area (Å²) in [6.07, 6.45) is 2.94. The normalized spacial score (nSPS) is 9.70. The summed E-state index contributed by atoms with van der Waals surface area (Å²) in [6.45, 7) is -0.121. The molecule has 0 fully saturated rings. The van der Waals surface area contributed by atoms with Crippen LogP contribution in [-0.4, -0.2) is 10.1 Å². The Hall–Kier alpha value is -1.29. The maximum atomic E-state index is 8.67. The van der Waals surface area contributed by atoms with Gasteiger partial charge in [-0.15, -0.1) is 0 Å². The number of hydrogen-bond acceptors (Lipinski definition) is 4. The summed E-state index contributed by atoms with van der Waals surface area (Å²) in [7, 11) is 0. The molecule has 0 atom stereocenters. The number of anilines is 2. The molecule has 1 rings (SSSR count). The molecule has 5 N–H and O–H groups in total. The van der Waals surface area contributed by atoms with Crippen LogP contribution in [0.3, 0.4) is 0 Å². The molecule has 4 heteroatoms. The van der Waals surface area contributed by atoms with Gasteiger partial charge in [-0.2, -0.15) is 0 Å². The minimum atomic E-state index is -0.121. The summed E-state index contributed by atoms with van der Waals surface area (Å²) in [5.41, 5.74) is 12.3. The average molecular weight is 139 g/mol. The monoisotopic (exact) mass is 139 g/mol. The smallest absolute Gasteiger partial charge is 0.0737 e. The van der Waals surface area contributed by atoms with Gasteiger partial charge in [0.15, 0.2) is 0 Å². The Balaban J connectivity index is 3.14. The number of aromatic nitrogens is 1. The highest BCUT2D eigenvalue weighted by Crippen LogP contribution is 2.16. The second-order valence-corrected chi connectivity index (χ2v) is 1.96. The van der Waals surface area contributed by atoms with Gasteiger partial charge in [-0.1, -0.05) is 0 Å². The molecule has 1 heterocycles. The third-order valence-electron chi connectivity index (χ3n) is 1.27. The highest BCUT2D eigenvalue weighted by atomic mass is 16.3. The zero-order valence-electron chi connectivity index (χ0n) is 5.41. The van der Waals surface area contributed by atoms with Crippen molar-refractivity contribution in [2.45, 2.75) is 6.61 Å². The van der Waals surface area contributed by atoms with Gasteiger partial charge >= 0.3 is 0 Å². The number of pyridine rings is 1. The fourth-order valence-electron chi connectivity index (χ4n) is 0.658. The molecule has 0 saturated heterocycles. The molecule has 10 heavy (non-hydrogen) atoms.